The van der Waals surface area contributed by atoms with Gasteiger partial charge in [0.25, 0.3) is 11.8 Å². The summed E-state index contributed by atoms with van der Waals surface area (Å²) in [4.78, 5) is 77.2. The van der Waals surface area contributed by atoms with Gasteiger partial charge in [-0.3, -0.25) is 14.6 Å². The lowest BCUT2D eigenvalue weighted by Gasteiger charge is -2.31. The van der Waals surface area contributed by atoms with Crippen LogP contribution in [0.3, 0.4) is 0 Å². The van der Waals surface area contributed by atoms with Gasteiger partial charge >= 0.3 is 12.2 Å². The van der Waals surface area contributed by atoms with Crippen LogP contribution in [0.4, 0.5) is 9.59 Å². The minimum absolute atomic E-state index is 0.0659. The van der Waals surface area contributed by atoms with Crippen LogP contribution in [-0.4, -0.2) is 105 Å². The highest BCUT2D eigenvalue weighted by atomic mass is 16.6. The number of hydrogen-bond donors (Lipinski definition) is 3. The molecular weight excluding hydrogens is 747 g/mol. The molecule has 0 bridgehead atoms. The molecule has 17 heteroatoms. The van der Waals surface area contributed by atoms with Crippen molar-refractivity contribution in [2.75, 3.05) is 27.3 Å². The Morgan fingerprint density at radius 2 is 1.47 bits per heavy atom. The summed E-state index contributed by atoms with van der Waals surface area (Å²) in [5.74, 6) is 1.53. The van der Waals surface area contributed by atoms with E-state index in [9.17, 15) is 19.2 Å². The Hall–Kier alpha value is -6.00. The summed E-state index contributed by atoms with van der Waals surface area (Å²) in [6.45, 7) is 8.99. The van der Waals surface area contributed by atoms with E-state index in [2.05, 4.69) is 25.6 Å². The summed E-state index contributed by atoms with van der Waals surface area (Å²) in [5.41, 5.74) is 3.86. The molecule has 2 aromatic heterocycles. The van der Waals surface area contributed by atoms with Gasteiger partial charge in [-0.05, 0) is 60.8 Å². The van der Waals surface area contributed by atoms with E-state index in [1.54, 1.807) is 17.3 Å². The zero-order chi connectivity index (χ0) is 41.1. The average molecular weight is 798 g/mol. The molecular formula is C41H51N9O8. The summed E-state index contributed by atoms with van der Waals surface area (Å²) in [7, 11) is 2.57. The van der Waals surface area contributed by atoms with E-state index < -0.39 is 24.3 Å². The molecule has 2 fully saturated rings. The van der Waals surface area contributed by atoms with E-state index in [-0.39, 0.29) is 47.5 Å². The molecule has 4 aliphatic heterocycles. The number of rotatable bonds is 12. The molecule has 308 valence electrons. The minimum atomic E-state index is -0.720. The standard InChI is InChI=1S/C41H51N9O8/c1-7-22(3)33(47-40(53)55-5)38(51)49-15-9-11-29(49)26-17-25(19-42-26)24-13-14-31-32(18-24)58-36-37(57-31)46-28(21-44-36)27-20-43-35(45-27)30-12-10-16-50(30)39(52)34(23(4)8-2)48-41(54)56-6/h13-14,18-23,29-30,33-34H,7-12,15-17H2,1-6H3,(H,43,45)(H,47,53)(H,48,54)/t22-,23-,29-,30-,33-,34-/m0/s1. The Balaban J connectivity index is 1.00. The lowest BCUT2D eigenvalue weighted by atomic mass is 9.95. The number of carbonyl (C=O) groups excluding carboxylic acids is 4. The van der Waals surface area contributed by atoms with Crippen molar-refractivity contribution in [3.05, 3.63) is 48.2 Å². The van der Waals surface area contributed by atoms with Gasteiger partial charge in [0, 0.05) is 31.4 Å². The molecule has 0 saturated carbocycles. The van der Waals surface area contributed by atoms with Crippen LogP contribution >= 0.6 is 0 Å². The number of likely N-dealkylation sites (tertiary alicyclic amines) is 2. The number of aliphatic imine (C=N–C) groups is 1. The number of aromatic amines is 1. The normalized spacial score (nSPS) is 20.3. The SMILES string of the molecule is CC[C@H](C)[C@H](NC(=O)OC)C(=O)N1CCC[C@H]1C1=NC=C(c2ccc3c(c2)Oc2ncc(-c4cnc([C@@H]5CCCN5C(=O)[C@@H](NC(=O)OC)[C@@H](C)CC)[nH]4)nc2O3)C1. The zero-order valence-electron chi connectivity index (χ0n) is 33.7. The Morgan fingerprint density at radius 1 is 0.845 bits per heavy atom. The van der Waals surface area contributed by atoms with Crippen LogP contribution < -0.4 is 20.1 Å². The zero-order valence-corrected chi connectivity index (χ0v) is 33.7. The highest BCUT2D eigenvalue weighted by molar-refractivity contribution is 6.04. The number of amides is 4. The maximum atomic E-state index is 13.8. The van der Waals surface area contributed by atoms with E-state index >= 15 is 0 Å². The van der Waals surface area contributed by atoms with Crippen molar-refractivity contribution >= 4 is 35.3 Å². The predicted molar refractivity (Wildman–Crippen MR) is 212 cm³/mol. The third kappa shape index (κ3) is 8.07. The number of benzene rings is 1. The molecule has 6 atom stereocenters. The van der Waals surface area contributed by atoms with Gasteiger partial charge in [0.2, 0.25) is 11.8 Å². The fraction of sp³-hybridized carbons (Fsp3) is 0.512. The van der Waals surface area contributed by atoms with Gasteiger partial charge in [-0.25, -0.2) is 24.5 Å². The Labute approximate surface area is 337 Å². The molecule has 58 heavy (non-hydrogen) atoms. The van der Waals surface area contributed by atoms with Gasteiger partial charge in [-0.2, -0.15) is 0 Å². The van der Waals surface area contributed by atoms with Crippen LogP contribution in [0.5, 0.6) is 23.3 Å². The second-order valence-electron chi connectivity index (χ2n) is 15.2. The Morgan fingerprint density at radius 3 is 2.10 bits per heavy atom. The molecule has 2 saturated heterocycles. The summed E-state index contributed by atoms with van der Waals surface area (Å²) < 4.78 is 22.0. The van der Waals surface area contributed by atoms with Crippen molar-refractivity contribution in [3.8, 4) is 34.6 Å². The highest BCUT2D eigenvalue weighted by Crippen LogP contribution is 2.45. The van der Waals surface area contributed by atoms with E-state index in [1.807, 2.05) is 57.0 Å². The van der Waals surface area contributed by atoms with Crippen molar-refractivity contribution in [3.63, 3.8) is 0 Å². The van der Waals surface area contributed by atoms with Gasteiger partial charge in [-0.15, -0.1) is 0 Å². The van der Waals surface area contributed by atoms with Gasteiger partial charge in [-0.1, -0.05) is 46.6 Å². The smallest absolute Gasteiger partial charge is 0.407 e. The van der Waals surface area contributed by atoms with Crippen LogP contribution in [0, 0.1) is 11.8 Å². The van der Waals surface area contributed by atoms with Crippen molar-refractivity contribution < 1.29 is 38.1 Å². The van der Waals surface area contributed by atoms with Crippen LogP contribution in [-0.2, 0) is 19.1 Å². The molecule has 0 aliphatic carbocycles. The lowest BCUT2D eigenvalue weighted by molar-refractivity contribution is -0.136. The van der Waals surface area contributed by atoms with Gasteiger partial charge in [0.05, 0.1) is 44.4 Å². The summed E-state index contributed by atoms with van der Waals surface area (Å²) >= 11 is 0. The summed E-state index contributed by atoms with van der Waals surface area (Å²) in [6.07, 6.45) is 8.95. The van der Waals surface area contributed by atoms with E-state index in [4.69, 9.17) is 28.9 Å². The molecule has 4 aliphatic rings. The maximum absolute atomic E-state index is 13.8. The average Bonchev–Trinajstić information content (AvgIpc) is 4.09. The first kappa shape index (κ1) is 40.2. The van der Waals surface area contributed by atoms with Crippen molar-refractivity contribution in [2.45, 2.75) is 96.8 Å². The molecule has 1 aromatic carbocycles. The number of alkyl carbamates (subject to hydrolysis) is 2. The molecule has 3 N–H and O–H groups in total. The van der Waals surface area contributed by atoms with Crippen LogP contribution in [0.15, 0.2) is 41.8 Å². The number of allylic oxidation sites excluding steroid dienone is 1. The van der Waals surface area contributed by atoms with E-state index in [1.165, 1.54) is 14.2 Å². The number of methoxy groups -OCH3 is 2. The molecule has 6 heterocycles. The third-order valence-electron chi connectivity index (χ3n) is 11.7. The number of aromatic nitrogens is 4. The third-order valence-corrected chi connectivity index (χ3v) is 11.7. The van der Waals surface area contributed by atoms with Gasteiger partial charge < -0.3 is 44.4 Å². The quantitative estimate of drug-likeness (QED) is 0.149. The lowest BCUT2D eigenvalue weighted by Crippen LogP contribution is -2.54. The van der Waals surface area contributed by atoms with Crippen LogP contribution in [0.25, 0.3) is 17.0 Å². The van der Waals surface area contributed by atoms with Crippen molar-refractivity contribution in [2.24, 2.45) is 16.8 Å². The second-order valence-corrected chi connectivity index (χ2v) is 15.2. The molecule has 3 aromatic rings. The largest absolute Gasteiger partial charge is 0.453 e. The number of carbonyl (C=O) groups is 4. The van der Waals surface area contributed by atoms with Gasteiger partial charge in [0.15, 0.2) is 11.5 Å². The topological polar surface area (TPSA) is 203 Å². The predicted octanol–water partition coefficient (Wildman–Crippen LogP) is 6.15. The number of hydrogen-bond acceptors (Lipinski definition) is 12. The fourth-order valence-electron chi connectivity index (χ4n) is 7.96. The highest BCUT2D eigenvalue weighted by Gasteiger charge is 2.40. The molecule has 17 nitrogen and oxygen atoms in total. The molecule has 0 spiro atoms. The first-order valence-corrected chi connectivity index (χ1v) is 20.0. The van der Waals surface area contributed by atoms with Crippen molar-refractivity contribution in [1.82, 2.24) is 40.4 Å². The monoisotopic (exact) mass is 797 g/mol. The summed E-state index contributed by atoms with van der Waals surface area (Å²) in [5, 5.41) is 5.47. The number of nitrogens with zero attached hydrogens (tertiary/aromatic N) is 6. The fourth-order valence-corrected chi connectivity index (χ4v) is 7.96. The number of fused-ring (bicyclic) bond motifs is 2. The number of nitrogens with one attached hydrogen (secondary N) is 3. The van der Waals surface area contributed by atoms with E-state index in [0.717, 1.165) is 42.5 Å². The number of ether oxygens (including phenoxy) is 4. The molecule has 4 amide bonds. The molecule has 0 unspecified atom stereocenters. The Kier molecular flexibility index (Phi) is 12.0. The first-order valence-electron chi connectivity index (χ1n) is 20.0. The minimum Gasteiger partial charge on any atom is -0.453 e. The molecule has 7 rings (SSSR count). The van der Waals surface area contributed by atoms with Gasteiger partial charge in [0.1, 0.15) is 23.6 Å². The molecule has 0 radical (unpaired) electrons. The maximum Gasteiger partial charge on any atom is 0.407 e. The van der Waals surface area contributed by atoms with Crippen LogP contribution in [0.2, 0.25) is 0 Å². The number of H-pyrrole nitrogens is 1. The van der Waals surface area contributed by atoms with Crippen molar-refractivity contribution in [1.29, 1.82) is 0 Å². The second kappa shape index (κ2) is 17.2. The summed E-state index contributed by atoms with van der Waals surface area (Å²) in [6, 6.07) is 3.78. The number of imidazole rings is 1. The van der Waals surface area contributed by atoms with Crippen LogP contribution in [0.1, 0.15) is 90.1 Å². The Bertz CT molecular complexity index is 2120. The first-order chi connectivity index (χ1) is 28.0. The van der Waals surface area contributed by atoms with E-state index in [0.29, 0.717) is 61.1 Å².